The van der Waals surface area contributed by atoms with Crippen molar-refractivity contribution in [3.63, 3.8) is 0 Å². The first-order valence-electron chi connectivity index (χ1n) is 6.84. The third kappa shape index (κ3) is 3.02. The molecule has 1 unspecified atom stereocenters. The minimum Gasteiger partial charge on any atom is -0.496 e. The molecule has 1 heterocycles. The summed E-state index contributed by atoms with van der Waals surface area (Å²) >= 11 is 0. The van der Waals surface area contributed by atoms with Gasteiger partial charge in [0.05, 0.1) is 19.8 Å². The summed E-state index contributed by atoms with van der Waals surface area (Å²) in [5.74, 6) is 2.19. The lowest BCUT2D eigenvalue weighted by Gasteiger charge is -2.23. The van der Waals surface area contributed by atoms with Gasteiger partial charge >= 0.3 is 0 Å². The standard InChI is InChI=1S/C16H22N2O2/c1-11(2)14(10-19-3)18-16-13-6-5-7-15(20-4)12(13)8-9-17-16/h5-9,11,14H,10H2,1-4H3,(H,17,18). The van der Waals surface area contributed by atoms with Gasteiger partial charge in [-0.15, -0.1) is 0 Å². The molecule has 2 rings (SSSR count). The van der Waals surface area contributed by atoms with E-state index in [-0.39, 0.29) is 6.04 Å². The molecule has 1 aromatic carbocycles. The molecule has 108 valence electrons. The lowest BCUT2D eigenvalue weighted by molar-refractivity contribution is 0.171. The normalized spacial score (nSPS) is 12.7. The molecule has 2 aromatic rings. The van der Waals surface area contributed by atoms with E-state index in [1.807, 2.05) is 18.2 Å². The van der Waals surface area contributed by atoms with Crippen LogP contribution >= 0.6 is 0 Å². The van der Waals surface area contributed by atoms with Gasteiger partial charge in [-0.05, 0) is 18.1 Å². The van der Waals surface area contributed by atoms with Gasteiger partial charge in [0.2, 0.25) is 0 Å². The Bertz CT molecular complexity index is 569. The Kier molecular flexibility index (Phi) is 4.79. The molecule has 0 saturated carbocycles. The molecule has 0 saturated heterocycles. The number of nitrogens with one attached hydrogen (secondary N) is 1. The van der Waals surface area contributed by atoms with Crippen molar-refractivity contribution in [1.82, 2.24) is 4.98 Å². The number of aromatic nitrogens is 1. The topological polar surface area (TPSA) is 43.4 Å². The molecule has 1 atom stereocenters. The van der Waals surface area contributed by atoms with Crippen molar-refractivity contribution in [2.24, 2.45) is 5.92 Å². The molecule has 20 heavy (non-hydrogen) atoms. The Morgan fingerprint density at radius 3 is 2.60 bits per heavy atom. The molecule has 0 aliphatic carbocycles. The van der Waals surface area contributed by atoms with E-state index in [0.29, 0.717) is 12.5 Å². The maximum Gasteiger partial charge on any atom is 0.134 e. The van der Waals surface area contributed by atoms with Crippen LogP contribution in [0.1, 0.15) is 13.8 Å². The first kappa shape index (κ1) is 14.6. The highest BCUT2D eigenvalue weighted by molar-refractivity contribution is 5.95. The van der Waals surface area contributed by atoms with E-state index in [0.717, 1.165) is 22.3 Å². The summed E-state index contributed by atoms with van der Waals surface area (Å²) in [5.41, 5.74) is 0. The Morgan fingerprint density at radius 2 is 1.95 bits per heavy atom. The highest BCUT2D eigenvalue weighted by Crippen LogP contribution is 2.29. The van der Waals surface area contributed by atoms with Crippen molar-refractivity contribution in [1.29, 1.82) is 0 Å². The maximum atomic E-state index is 5.40. The van der Waals surface area contributed by atoms with Crippen LogP contribution in [0.3, 0.4) is 0 Å². The predicted molar refractivity (Wildman–Crippen MR) is 82.4 cm³/mol. The summed E-state index contributed by atoms with van der Waals surface area (Å²) in [6.07, 6.45) is 1.80. The Balaban J connectivity index is 2.39. The highest BCUT2D eigenvalue weighted by atomic mass is 16.5. The average molecular weight is 274 g/mol. The molecule has 4 nitrogen and oxygen atoms in total. The smallest absolute Gasteiger partial charge is 0.134 e. The second-order valence-electron chi connectivity index (χ2n) is 5.17. The second-order valence-corrected chi connectivity index (χ2v) is 5.17. The van der Waals surface area contributed by atoms with Crippen LogP contribution in [-0.2, 0) is 4.74 Å². The van der Waals surface area contributed by atoms with Gasteiger partial charge < -0.3 is 14.8 Å². The van der Waals surface area contributed by atoms with E-state index < -0.39 is 0 Å². The number of fused-ring (bicyclic) bond motifs is 1. The van der Waals surface area contributed by atoms with Crippen LogP contribution < -0.4 is 10.1 Å². The van der Waals surface area contributed by atoms with E-state index in [9.17, 15) is 0 Å². The van der Waals surface area contributed by atoms with Crippen LogP contribution in [0.2, 0.25) is 0 Å². The summed E-state index contributed by atoms with van der Waals surface area (Å²) in [6, 6.07) is 8.19. The number of methoxy groups -OCH3 is 2. The number of ether oxygens (including phenoxy) is 2. The summed E-state index contributed by atoms with van der Waals surface area (Å²) in [4.78, 5) is 4.46. The quantitative estimate of drug-likeness (QED) is 0.877. The number of rotatable bonds is 6. The van der Waals surface area contributed by atoms with Crippen LogP contribution in [0.5, 0.6) is 5.75 Å². The molecular formula is C16H22N2O2. The van der Waals surface area contributed by atoms with Crippen LogP contribution in [0.15, 0.2) is 30.5 Å². The van der Waals surface area contributed by atoms with Gasteiger partial charge in [0.15, 0.2) is 0 Å². The highest BCUT2D eigenvalue weighted by Gasteiger charge is 2.15. The van der Waals surface area contributed by atoms with Gasteiger partial charge in [-0.25, -0.2) is 4.98 Å². The average Bonchev–Trinajstić information content (AvgIpc) is 2.46. The van der Waals surface area contributed by atoms with E-state index in [2.05, 4.69) is 30.2 Å². The fourth-order valence-electron chi connectivity index (χ4n) is 2.23. The summed E-state index contributed by atoms with van der Waals surface area (Å²) < 4.78 is 10.7. The fraction of sp³-hybridized carbons (Fsp3) is 0.438. The third-order valence-electron chi connectivity index (χ3n) is 3.46. The van der Waals surface area contributed by atoms with E-state index in [1.54, 1.807) is 20.4 Å². The maximum absolute atomic E-state index is 5.40. The van der Waals surface area contributed by atoms with Crippen molar-refractivity contribution in [3.8, 4) is 5.75 Å². The molecule has 0 aliphatic rings. The van der Waals surface area contributed by atoms with Crippen molar-refractivity contribution in [3.05, 3.63) is 30.5 Å². The van der Waals surface area contributed by atoms with Gasteiger partial charge in [0.1, 0.15) is 11.6 Å². The van der Waals surface area contributed by atoms with E-state index in [4.69, 9.17) is 9.47 Å². The second kappa shape index (κ2) is 6.57. The lowest BCUT2D eigenvalue weighted by atomic mass is 10.0. The fourth-order valence-corrected chi connectivity index (χ4v) is 2.23. The molecule has 1 aromatic heterocycles. The Hall–Kier alpha value is -1.81. The monoisotopic (exact) mass is 274 g/mol. The van der Waals surface area contributed by atoms with Crippen molar-refractivity contribution >= 4 is 16.6 Å². The zero-order valence-corrected chi connectivity index (χ0v) is 12.5. The largest absolute Gasteiger partial charge is 0.496 e. The summed E-state index contributed by atoms with van der Waals surface area (Å²) in [6.45, 7) is 4.99. The number of nitrogens with zero attached hydrogens (tertiary/aromatic N) is 1. The molecular weight excluding hydrogens is 252 g/mol. The van der Waals surface area contributed by atoms with Crippen LogP contribution in [0.4, 0.5) is 5.82 Å². The molecule has 1 N–H and O–H groups in total. The van der Waals surface area contributed by atoms with Crippen LogP contribution in [-0.4, -0.2) is 31.9 Å². The number of anilines is 1. The minimum absolute atomic E-state index is 0.226. The zero-order chi connectivity index (χ0) is 14.5. The van der Waals surface area contributed by atoms with E-state index in [1.165, 1.54) is 0 Å². The predicted octanol–water partition coefficient (Wildman–Crippen LogP) is 3.33. The minimum atomic E-state index is 0.226. The van der Waals surface area contributed by atoms with Gasteiger partial charge in [-0.2, -0.15) is 0 Å². The van der Waals surface area contributed by atoms with Gasteiger partial charge in [0.25, 0.3) is 0 Å². The third-order valence-corrected chi connectivity index (χ3v) is 3.46. The SMILES string of the molecule is COCC(Nc1nccc2c(OC)cccc12)C(C)C. The Morgan fingerprint density at radius 1 is 1.15 bits per heavy atom. The summed E-state index contributed by atoms with van der Waals surface area (Å²) in [7, 11) is 3.40. The number of benzene rings is 1. The molecule has 0 bridgehead atoms. The van der Waals surface area contributed by atoms with Gasteiger partial charge in [-0.3, -0.25) is 0 Å². The van der Waals surface area contributed by atoms with Gasteiger partial charge in [-0.1, -0.05) is 26.0 Å². The van der Waals surface area contributed by atoms with Gasteiger partial charge in [0, 0.05) is 24.1 Å². The molecule has 0 amide bonds. The van der Waals surface area contributed by atoms with Crippen molar-refractivity contribution < 1.29 is 9.47 Å². The zero-order valence-electron chi connectivity index (χ0n) is 12.5. The van der Waals surface area contributed by atoms with E-state index >= 15 is 0 Å². The van der Waals surface area contributed by atoms with Crippen LogP contribution in [0.25, 0.3) is 10.8 Å². The number of pyridine rings is 1. The molecule has 4 heteroatoms. The molecule has 0 spiro atoms. The number of hydrogen-bond acceptors (Lipinski definition) is 4. The Labute approximate surface area is 120 Å². The van der Waals surface area contributed by atoms with Crippen molar-refractivity contribution in [2.45, 2.75) is 19.9 Å². The molecule has 0 radical (unpaired) electrons. The van der Waals surface area contributed by atoms with Crippen molar-refractivity contribution in [2.75, 3.05) is 26.1 Å². The summed E-state index contributed by atoms with van der Waals surface area (Å²) in [5, 5.41) is 5.61. The first-order chi connectivity index (χ1) is 9.67. The van der Waals surface area contributed by atoms with Crippen LogP contribution in [0, 0.1) is 5.92 Å². The number of hydrogen-bond donors (Lipinski definition) is 1. The first-order valence-corrected chi connectivity index (χ1v) is 6.84. The molecule has 0 aliphatic heterocycles. The molecule has 0 fully saturated rings. The lowest BCUT2D eigenvalue weighted by Crippen LogP contribution is -2.30.